The van der Waals surface area contributed by atoms with Gasteiger partial charge in [-0.05, 0) is 18.6 Å². The maximum atomic E-state index is 10.9. The summed E-state index contributed by atoms with van der Waals surface area (Å²) in [4.78, 5) is 22.5. The molecule has 0 aliphatic rings. The third kappa shape index (κ3) is 18.8. The Morgan fingerprint density at radius 1 is 0.833 bits per heavy atom. The first-order chi connectivity index (χ1) is 14.0. The fraction of sp³-hybridized carbons (Fsp3) is 0.727. The molecule has 6 nitrogen and oxygen atoms in total. The van der Waals surface area contributed by atoms with E-state index in [9.17, 15) is 4.57 Å². The second-order valence-electron chi connectivity index (χ2n) is 7.55. The normalized spacial score (nSPS) is 12.4. The van der Waals surface area contributed by atoms with Crippen LogP contribution >= 0.6 is 7.82 Å². The quantitative estimate of drug-likeness (QED) is 0.0820. The number of unbranched alkanes of at least 4 members (excludes halogenated alkanes) is 12. The van der Waals surface area contributed by atoms with Crippen LogP contribution in [0.1, 0.15) is 98.2 Å². The van der Waals surface area contributed by atoms with Crippen molar-refractivity contribution in [2.24, 2.45) is 0 Å². The minimum Gasteiger partial charge on any atom is -1.00 e. The van der Waals surface area contributed by atoms with Gasteiger partial charge in [0.1, 0.15) is 5.75 Å². The van der Waals surface area contributed by atoms with Crippen molar-refractivity contribution in [1.82, 2.24) is 0 Å². The van der Waals surface area contributed by atoms with E-state index in [1.54, 1.807) is 12.1 Å². The van der Waals surface area contributed by atoms with Gasteiger partial charge in [0.25, 0.3) is 0 Å². The summed E-state index contributed by atoms with van der Waals surface area (Å²) in [6.07, 6.45) is 16.0. The first-order valence-corrected chi connectivity index (χ1v) is 12.7. The largest absolute Gasteiger partial charge is 1.00 e. The fourth-order valence-electron chi connectivity index (χ4n) is 3.21. The van der Waals surface area contributed by atoms with Crippen LogP contribution in [0.3, 0.4) is 0 Å². The fourth-order valence-corrected chi connectivity index (χ4v) is 3.42. The molecule has 1 unspecified atom stereocenters. The van der Waals surface area contributed by atoms with Crippen molar-refractivity contribution in [1.29, 1.82) is 0 Å². The summed E-state index contributed by atoms with van der Waals surface area (Å²) in [6, 6.07) is 9.03. The number of ether oxygens (including phenoxy) is 1. The predicted molar refractivity (Wildman–Crippen MR) is 116 cm³/mol. The molecule has 0 fully saturated rings. The zero-order valence-electron chi connectivity index (χ0n) is 19.8. The van der Waals surface area contributed by atoms with E-state index < -0.39 is 14.1 Å². The van der Waals surface area contributed by atoms with Gasteiger partial charge in [-0.25, -0.2) is 4.57 Å². The molecule has 0 saturated heterocycles. The Morgan fingerprint density at radius 2 is 1.30 bits per heavy atom. The number of benzene rings is 1. The van der Waals surface area contributed by atoms with Gasteiger partial charge in [-0.2, -0.15) is 4.89 Å². The molecular weight excluding hydrogens is 414 g/mol. The summed E-state index contributed by atoms with van der Waals surface area (Å²) in [6.45, 7) is 2.25. The molecule has 1 atom stereocenters. The van der Waals surface area contributed by atoms with Gasteiger partial charge in [-0.1, -0.05) is 102 Å². The molecule has 8 heteroatoms. The molecule has 170 valence electrons. The van der Waals surface area contributed by atoms with Crippen LogP contribution in [-0.2, 0) is 14.1 Å². The Labute approximate surface area is 206 Å². The monoisotopic (exact) mass is 454 g/mol. The van der Waals surface area contributed by atoms with Gasteiger partial charge < -0.3 is 16.0 Å². The Bertz CT molecular complexity index is 546. The Balaban J connectivity index is 0. The molecule has 0 amide bonds. The van der Waals surface area contributed by atoms with Crippen molar-refractivity contribution in [2.45, 2.75) is 103 Å². The zero-order chi connectivity index (χ0) is 21.2. The third-order valence-corrected chi connectivity index (χ3v) is 5.08. The smallest absolute Gasteiger partial charge is 1.00 e. The molecule has 1 aromatic rings. The molecule has 0 bridgehead atoms. The van der Waals surface area contributed by atoms with E-state index in [1.807, 2.05) is 18.2 Å². The average molecular weight is 455 g/mol. The molecule has 1 rings (SSSR count). The summed E-state index contributed by atoms with van der Waals surface area (Å²) < 4.78 is 20.7. The minimum absolute atomic E-state index is 0. The summed E-state index contributed by atoms with van der Waals surface area (Å²) in [5.41, 5.74) is 0. The topological polar surface area (TPSA) is 85.2 Å². The second kappa shape index (κ2) is 19.8. The van der Waals surface area contributed by atoms with E-state index in [1.165, 1.54) is 64.2 Å². The Kier molecular flexibility index (Phi) is 19.8. The summed E-state index contributed by atoms with van der Waals surface area (Å²) in [5.74, 6) is 0.571. The van der Waals surface area contributed by atoms with Gasteiger partial charge >= 0.3 is 37.4 Å². The maximum absolute atomic E-state index is 10.9. The average Bonchev–Trinajstić information content (AvgIpc) is 2.69. The molecular formula is C22H40NaO6P. The molecule has 0 saturated carbocycles. The van der Waals surface area contributed by atoms with E-state index in [0.29, 0.717) is 12.2 Å². The number of hydrogen-bond donors (Lipinski definition) is 2. The SMILES string of the molecule is CCCCCCCCCCCCCCCC(OOP(=O)(O)O)Oc1ccccc1.[H-].[Na+]. The van der Waals surface area contributed by atoms with Crippen LogP contribution in [0.5, 0.6) is 5.75 Å². The van der Waals surface area contributed by atoms with Crippen LogP contribution in [0, 0.1) is 0 Å². The molecule has 0 radical (unpaired) electrons. The molecule has 0 aliphatic heterocycles. The maximum Gasteiger partial charge on any atom is 1.00 e. The van der Waals surface area contributed by atoms with Crippen LogP contribution in [-0.4, -0.2) is 16.1 Å². The van der Waals surface area contributed by atoms with Crippen LogP contribution in [0.25, 0.3) is 0 Å². The van der Waals surface area contributed by atoms with Crippen molar-refractivity contribution in [3.05, 3.63) is 30.3 Å². The molecule has 30 heavy (non-hydrogen) atoms. The molecule has 0 heterocycles. The molecule has 0 spiro atoms. The zero-order valence-corrected chi connectivity index (χ0v) is 21.7. The van der Waals surface area contributed by atoms with Gasteiger partial charge in [0.2, 0.25) is 6.29 Å². The Hall–Kier alpha value is 0.0900. The van der Waals surface area contributed by atoms with Gasteiger partial charge in [0.15, 0.2) is 0 Å². The summed E-state index contributed by atoms with van der Waals surface area (Å²) in [7, 11) is -4.70. The van der Waals surface area contributed by atoms with Crippen molar-refractivity contribution in [3.63, 3.8) is 0 Å². The standard InChI is InChI=1S/C22H39O6P.Na.H/c1-2-3-4-5-6-7-8-9-10-11-12-13-17-20-22(27-28-29(23,24)25)26-21-18-15-14-16-19-21;;/h14-16,18-19,22H,2-13,17,20H2,1H3,(H2,23,24,25);;/q;+1;-1. The minimum atomic E-state index is -4.70. The van der Waals surface area contributed by atoms with Crippen LogP contribution in [0.2, 0.25) is 0 Å². The van der Waals surface area contributed by atoms with Gasteiger partial charge in [0, 0.05) is 6.42 Å². The number of phosphoric acid groups is 1. The summed E-state index contributed by atoms with van der Waals surface area (Å²) in [5, 5.41) is 0. The number of para-hydroxylation sites is 1. The molecule has 0 aromatic heterocycles. The van der Waals surface area contributed by atoms with Crippen molar-refractivity contribution in [2.75, 3.05) is 0 Å². The van der Waals surface area contributed by atoms with E-state index in [2.05, 4.69) is 11.6 Å². The molecule has 1 aromatic carbocycles. The van der Waals surface area contributed by atoms with E-state index >= 15 is 0 Å². The van der Waals surface area contributed by atoms with E-state index in [-0.39, 0.29) is 31.0 Å². The van der Waals surface area contributed by atoms with Gasteiger partial charge in [0.05, 0.1) is 0 Å². The first kappa shape index (κ1) is 30.1. The van der Waals surface area contributed by atoms with Gasteiger partial charge in [-0.3, -0.25) is 0 Å². The van der Waals surface area contributed by atoms with E-state index in [0.717, 1.165) is 19.3 Å². The van der Waals surface area contributed by atoms with Crippen LogP contribution in [0.15, 0.2) is 30.3 Å². The molecule has 0 aliphatic carbocycles. The van der Waals surface area contributed by atoms with Crippen LogP contribution in [0.4, 0.5) is 0 Å². The molecule has 2 N–H and O–H groups in total. The Morgan fingerprint density at radius 3 is 1.77 bits per heavy atom. The van der Waals surface area contributed by atoms with Crippen molar-refractivity contribution >= 4 is 7.82 Å². The third-order valence-electron chi connectivity index (χ3n) is 4.80. The van der Waals surface area contributed by atoms with Gasteiger partial charge in [-0.15, -0.1) is 4.67 Å². The first-order valence-electron chi connectivity index (χ1n) is 11.1. The van der Waals surface area contributed by atoms with Crippen molar-refractivity contribution < 1.29 is 59.6 Å². The van der Waals surface area contributed by atoms with Crippen molar-refractivity contribution in [3.8, 4) is 5.75 Å². The number of hydrogen-bond acceptors (Lipinski definition) is 4. The predicted octanol–water partition coefficient (Wildman–Crippen LogP) is 4.03. The van der Waals surface area contributed by atoms with Crippen LogP contribution < -0.4 is 34.3 Å². The second-order valence-corrected chi connectivity index (χ2v) is 8.68. The number of rotatable bonds is 19. The summed E-state index contributed by atoms with van der Waals surface area (Å²) >= 11 is 0. The van der Waals surface area contributed by atoms with E-state index in [4.69, 9.17) is 19.4 Å².